The van der Waals surface area contributed by atoms with E-state index < -0.39 is 5.54 Å². The van der Waals surface area contributed by atoms with Crippen molar-refractivity contribution in [2.75, 3.05) is 13.1 Å². The number of rotatable bonds is 5. The monoisotopic (exact) mass is 267 g/mol. The molecule has 0 aromatic heterocycles. The van der Waals surface area contributed by atoms with Crippen LogP contribution in [0.2, 0.25) is 0 Å². The molecule has 19 heavy (non-hydrogen) atoms. The summed E-state index contributed by atoms with van der Waals surface area (Å²) in [6.07, 6.45) is 8.10. The zero-order valence-electron chi connectivity index (χ0n) is 12.5. The van der Waals surface area contributed by atoms with Crippen molar-refractivity contribution in [2.45, 2.75) is 76.4 Å². The number of amides is 1. The van der Waals surface area contributed by atoms with Crippen LogP contribution in [0.25, 0.3) is 0 Å². The Kier molecular flexibility index (Phi) is 4.85. The van der Waals surface area contributed by atoms with Gasteiger partial charge in [0.1, 0.15) is 0 Å². The zero-order chi connectivity index (χ0) is 13.9. The Balaban J connectivity index is 2.05. The second-order valence-electron chi connectivity index (χ2n) is 6.17. The number of carbonyl (C=O) groups is 1. The fourth-order valence-electron chi connectivity index (χ4n) is 4.05. The SMILES string of the molecule is CCNC1(C(N)=O)CCC(N2CCCCC2CC)C1. The van der Waals surface area contributed by atoms with Crippen LogP contribution >= 0.6 is 0 Å². The second kappa shape index (κ2) is 6.23. The molecule has 1 saturated carbocycles. The number of nitrogens with zero attached hydrogens (tertiary/aromatic N) is 1. The van der Waals surface area contributed by atoms with Gasteiger partial charge in [0.25, 0.3) is 0 Å². The van der Waals surface area contributed by atoms with E-state index in [1.807, 2.05) is 6.92 Å². The van der Waals surface area contributed by atoms with E-state index in [2.05, 4.69) is 17.1 Å². The standard InChI is InChI=1S/C15H29N3O/c1-3-12-7-5-6-10-18(12)13-8-9-15(11-13,14(16)19)17-4-2/h12-13,17H,3-11H2,1-2H3,(H2,16,19). The lowest BCUT2D eigenvalue weighted by atomic mass is 9.94. The van der Waals surface area contributed by atoms with Crippen molar-refractivity contribution >= 4 is 5.91 Å². The number of carbonyl (C=O) groups excluding carboxylic acids is 1. The summed E-state index contributed by atoms with van der Waals surface area (Å²) in [6.45, 7) is 6.34. The highest BCUT2D eigenvalue weighted by Gasteiger charge is 2.46. The molecule has 0 spiro atoms. The Labute approximate surface area is 117 Å². The van der Waals surface area contributed by atoms with Gasteiger partial charge in [-0.25, -0.2) is 0 Å². The molecule has 0 radical (unpaired) electrons. The van der Waals surface area contributed by atoms with E-state index >= 15 is 0 Å². The van der Waals surface area contributed by atoms with Gasteiger partial charge in [-0.05, 0) is 51.6 Å². The van der Waals surface area contributed by atoms with Crippen LogP contribution in [-0.2, 0) is 4.79 Å². The molecule has 3 atom stereocenters. The minimum atomic E-state index is -0.449. The molecule has 2 aliphatic rings. The number of nitrogens with one attached hydrogen (secondary N) is 1. The maximum absolute atomic E-state index is 11.8. The first-order valence-electron chi connectivity index (χ1n) is 7.93. The van der Waals surface area contributed by atoms with E-state index in [-0.39, 0.29) is 5.91 Å². The number of likely N-dealkylation sites (tertiary alicyclic amines) is 1. The van der Waals surface area contributed by atoms with Gasteiger partial charge in [-0.2, -0.15) is 0 Å². The molecule has 2 rings (SSSR count). The maximum Gasteiger partial charge on any atom is 0.237 e. The Hall–Kier alpha value is -0.610. The summed E-state index contributed by atoms with van der Waals surface area (Å²) in [6, 6.07) is 1.25. The molecule has 1 aliphatic carbocycles. The minimum Gasteiger partial charge on any atom is -0.368 e. The predicted molar refractivity (Wildman–Crippen MR) is 77.9 cm³/mol. The molecule has 3 unspecified atom stereocenters. The Morgan fingerprint density at radius 1 is 1.37 bits per heavy atom. The summed E-state index contributed by atoms with van der Waals surface area (Å²) in [5, 5.41) is 3.36. The molecule has 0 bridgehead atoms. The van der Waals surface area contributed by atoms with E-state index in [0.717, 1.165) is 25.8 Å². The summed E-state index contributed by atoms with van der Waals surface area (Å²) >= 11 is 0. The van der Waals surface area contributed by atoms with Crippen LogP contribution in [0.3, 0.4) is 0 Å². The lowest BCUT2D eigenvalue weighted by Crippen LogP contribution is -2.55. The van der Waals surface area contributed by atoms with Gasteiger partial charge in [-0.1, -0.05) is 20.3 Å². The van der Waals surface area contributed by atoms with Crippen molar-refractivity contribution in [3.8, 4) is 0 Å². The fraction of sp³-hybridized carbons (Fsp3) is 0.933. The minimum absolute atomic E-state index is 0.165. The number of nitrogens with two attached hydrogens (primary N) is 1. The largest absolute Gasteiger partial charge is 0.368 e. The van der Waals surface area contributed by atoms with E-state index in [1.54, 1.807) is 0 Å². The van der Waals surface area contributed by atoms with Crippen LogP contribution in [0.15, 0.2) is 0 Å². The number of piperidine rings is 1. The number of likely N-dealkylation sites (N-methyl/N-ethyl adjacent to an activating group) is 1. The fourth-order valence-corrected chi connectivity index (χ4v) is 4.05. The van der Waals surface area contributed by atoms with Gasteiger partial charge in [-0.3, -0.25) is 9.69 Å². The molecule has 3 N–H and O–H groups in total. The van der Waals surface area contributed by atoms with Crippen molar-refractivity contribution in [1.82, 2.24) is 10.2 Å². The van der Waals surface area contributed by atoms with Gasteiger partial charge in [0.2, 0.25) is 5.91 Å². The van der Waals surface area contributed by atoms with Gasteiger partial charge >= 0.3 is 0 Å². The Morgan fingerprint density at radius 2 is 2.16 bits per heavy atom. The first-order valence-corrected chi connectivity index (χ1v) is 7.93. The molecule has 4 nitrogen and oxygen atoms in total. The molecule has 1 amide bonds. The van der Waals surface area contributed by atoms with Crippen LogP contribution in [0, 0.1) is 0 Å². The highest BCUT2D eigenvalue weighted by molar-refractivity contribution is 5.85. The molecule has 0 aromatic rings. The lowest BCUT2D eigenvalue weighted by Gasteiger charge is -2.40. The molecule has 1 aliphatic heterocycles. The summed E-state index contributed by atoms with van der Waals surface area (Å²) in [5.41, 5.74) is 5.21. The number of primary amides is 1. The molecule has 1 saturated heterocycles. The summed E-state index contributed by atoms with van der Waals surface area (Å²) in [7, 11) is 0. The lowest BCUT2D eigenvalue weighted by molar-refractivity contribution is -0.124. The molecule has 4 heteroatoms. The molecule has 1 heterocycles. The second-order valence-corrected chi connectivity index (χ2v) is 6.17. The average Bonchev–Trinajstić information content (AvgIpc) is 2.84. The molecule has 110 valence electrons. The topological polar surface area (TPSA) is 58.4 Å². The zero-order valence-corrected chi connectivity index (χ0v) is 12.5. The van der Waals surface area contributed by atoms with Crippen molar-refractivity contribution in [3.63, 3.8) is 0 Å². The van der Waals surface area contributed by atoms with Gasteiger partial charge < -0.3 is 11.1 Å². The maximum atomic E-state index is 11.8. The van der Waals surface area contributed by atoms with Gasteiger partial charge in [0.05, 0.1) is 5.54 Å². The molecule has 0 aromatic carbocycles. The normalized spacial score (nSPS) is 36.5. The van der Waals surface area contributed by atoms with E-state index in [0.29, 0.717) is 12.1 Å². The summed E-state index contributed by atoms with van der Waals surface area (Å²) < 4.78 is 0. The number of hydrogen-bond donors (Lipinski definition) is 2. The van der Waals surface area contributed by atoms with Gasteiger partial charge in [0, 0.05) is 12.1 Å². The van der Waals surface area contributed by atoms with Crippen LogP contribution in [0.4, 0.5) is 0 Å². The summed E-state index contributed by atoms with van der Waals surface area (Å²) in [5.74, 6) is -0.165. The predicted octanol–water partition coefficient (Wildman–Crippen LogP) is 1.64. The number of hydrogen-bond acceptors (Lipinski definition) is 3. The summed E-state index contributed by atoms with van der Waals surface area (Å²) in [4.78, 5) is 14.5. The van der Waals surface area contributed by atoms with Crippen LogP contribution < -0.4 is 11.1 Å². The van der Waals surface area contributed by atoms with E-state index in [1.165, 1.54) is 32.2 Å². The molecule has 2 fully saturated rings. The van der Waals surface area contributed by atoms with Crippen LogP contribution in [0.1, 0.15) is 58.8 Å². The third kappa shape index (κ3) is 2.95. The molecular weight excluding hydrogens is 238 g/mol. The van der Waals surface area contributed by atoms with Crippen LogP contribution in [-0.4, -0.2) is 41.5 Å². The first-order chi connectivity index (χ1) is 9.13. The quantitative estimate of drug-likeness (QED) is 0.796. The highest BCUT2D eigenvalue weighted by atomic mass is 16.1. The van der Waals surface area contributed by atoms with Crippen molar-refractivity contribution in [3.05, 3.63) is 0 Å². The van der Waals surface area contributed by atoms with E-state index in [4.69, 9.17) is 5.73 Å². The Bertz CT molecular complexity index is 321. The van der Waals surface area contributed by atoms with Crippen molar-refractivity contribution in [2.24, 2.45) is 5.73 Å². The van der Waals surface area contributed by atoms with E-state index in [9.17, 15) is 4.79 Å². The van der Waals surface area contributed by atoms with Crippen LogP contribution in [0.5, 0.6) is 0 Å². The van der Waals surface area contributed by atoms with Gasteiger partial charge in [0.15, 0.2) is 0 Å². The molecular formula is C15H29N3O. The average molecular weight is 267 g/mol. The third-order valence-corrected chi connectivity index (χ3v) is 5.09. The first kappa shape index (κ1) is 14.8. The highest BCUT2D eigenvalue weighted by Crippen LogP contribution is 2.36. The van der Waals surface area contributed by atoms with Gasteiger partial charge in [-0.15, -0.1) is 0 Å². The Morgan fingerprint density at radius 3 is 2.79 bits per heavy atom. The third-order valence-electron chi connectivity index (χ3n) is 5.09. The van der Waals surface area contributed by atoms with Crippen molar-refractivity contribution < 1.29 is 4.79 Å². The van der Waals surface area contributed by atoms with Crippen molar-refractivity contribution in [1.29, 1.82) is 0 Å². The smallest absolute Gasteiger partial charge is 0.237 e.